The van der Waals surface area contributed by atoms with E-state index in [-0.39, 0.29) is 11.3 Å². The molecular weight excluding hydrogens is 406 g/mol. The molecule has 2 N–H and O–H groups in total. The predicted molar refractivity (Wildman–Crippen MR) is 111 cm³/mol. The summed E-state index contributed by atoms with van der Waals surface area (Å²) in [7, 11) is 0. The molecule has 0 saturated heterocycles. The average molecular weight is 425 g/mol. The molecule has 0 atom stereocenters. The van der Waals surface area contributed by atoms with Gasteiger partial charge in [0, 0.05) is 23.8 Å². The van der Waals surface area contributed by atoms with Crippen LogP contribution in [0.1, 0.15) is 15.9 Å². The molecule has 2 amide bonds. The van der Waals surface area contributed by atoms with Crippen LogP contribution in [-0.4, -0.2) is 35.9 Å². The Labute approximate surface area is 177 Å². The van der Waals surface area contributed by atoms with Gasteiger partial charge in [0.2, 0.25) is 0 Å². The summed E-state index contributed by atoms with van der Waals surface area (Å²) in [5.41, 5.74) is 4.56. The zero-order valence-electron chi connectivity index (χ0n) is 16.3. The quantitative estimate of drug-likeness (QED) is 0.206. The molecule has 0 aliphatic rings. The van der Waals surface area contributed by atoms with Gasteiger partial charge in [0.1, 0.15) is 12.4 Å². The largest absolute Gasteiger partial charge is 0.490 e. The lowest BCUT2D eigenvalue weighted by Crippen LogP contribution is -2.43. The number of non-ortho nitro benzene ring substituents is 1. The fourth-order valence-corrected chi connectivity index (χ4v) is 2.17. The van der Waals surface area contributed by atoms with E-state index < -0.39 is 29.3 Å². The Morgan fingerprint density at radius 2 is 1.84 bits per heavy atom. The van der Waals surface area contributed by atoms with Gasteiger partial charge in [-0.15, -0.1) is 0 Å². The van der Waals surface area contributed by atoms with Crippen LogP contribution in [0.3, 0.4) is 0 Å². The number of hydrogen-bond donors (Lipinski definition) is 2. The van der Waals surface area contributed by atoms with Crippen molar-refractivity contribution in [2.45, 2.75) is 0 Å². The van der Waals surface area contributed by atoms with Gasteiger partial charge in [0.05, 0.1) is 4.92 Å². The Balaban J connectivity index is 1.75. The molecule has 0 bridgehead atoms. The molecule has 2 rings (SSSR count). The number of nitro benzene ring substituents is 1. The third-order valence-corrected chi connectivity index (χ3v) is 3.64. The number of carbonyl (C=O) groups is 3. The van der Waals surface area contributed by atoms with Crippen molar-refractivity contribution in [3.05, 3.63) is 88.5 Å². The Morgan fingerprint density at radius 1 is 1.10 bits per heavy atom. The Bertz CT molecular complexity index is 1000. The first-order valence-electron chi connectivity index (χ1n) is 8.91. The van der Waals surface area contributed by atoms with Gasteiger partial charge in [-0.25, -0.2) is 4.79 Å². The summed E-state index contributed by atoms with van der Waals surface area (Å²) in [6, 6.07) is 11.9. The van der Waals surface area contributed by atoms with E-state index >= 15 is 0 Å². The van der Waals surface area contributed by atoms with Gasteiger partial charge in [-0.2, -0.15) is 0 Å². The van der Waals surface area contributed by atoms with Crippen LogP contribution in [0.4, 0.5) is 5.69 Å². The lowest BCUT2D eigenvalue weighted by Gasteiger charge is -2.07. The molecule has 0 saturated carbocycles. The number of ether oxygens (including phenoxy) is 2. The molecule has 0 radical (unpaired) electrons. The average Bonchev–Trinajstić information content (AvgIpc) is 2.79. The van der Waals surface area contributed by atoms with E-state index in [0.29, 0.717) is 12.4 Å². The molecular formula is C21H19N3O7. The van der Waals surface area contributed by atoms with Crippen molar-refractivity contribution in [2.75, 3.05) is 13.2 Å². The summed E-state index contributed by atoms with van der Waals surface area (Å²) in [5.74, 6) is -1.65. The topological polar surface area (TPSA) is 137 Å². The second-order valence-corrected chi connectivity index (χ2v) is 5.92. The molecule has 31 heavy (non-hydrogen) atoms. The summed E-state index contributed by atoms with van der Waals surface area (Å²) < 4.78 is 10.1. The number of carbonyl (C=O) groups excluding carboxylic acids is 3. The molecule has 0 aliphatic heterocycles. The molecule has 160 valence electrons. The zero-order chi connectivity index (χ0) is 22.6. The third-order valence-electron chi connectivity index (χ3n) is 3.64. The van der Waals surface area contributed by atoms with Crippen LogP contribution < -0.4 is 15.6 Å². The Hall–Kier alpha value is -4.47. The SMILES string of the molecule is C=CCOc1ccc(/C=C/C(=O)OCC(=O)NNC(=O)c2cccc([N+](=O)[O-])c2)cc1. The highest BCUT2D eigenvalue weighted by molar-refractivity contribution is 5.96. The monoisotopic (exact) mass is 425 g/mol. The van der Waals surface area contributed by atoms with E-state index in [4.69, 9.17) is 9.47 Å². The molecule has 0 heterocycles. The van der Waals surface area contributed by atoms with Crippen molar-refractivity contribution >= 4 is 29.5 Å². The summed E-state index contributed by atoms with van der Waals surface area (Å²) in [6.45, 7) is 3.31. The number of nitrogens with zero attached hydrogens (tertiary/aromatic N) is 1. The van der Waals surface area contributed by atoms with Crippen LogP contribution in [0.25, 0.3) is 6.08 Å². The van der Waals surface area contributed by atoms with Gasteiger partial charge in [-0.1, -0.05) is 30.9 Å². The van der Waals surface area contributed by atoms with Crippen molar-refractivity contribution in [2.24, 2.45) is 0 Å². The smallest absolute Gasteiger partial charge is 0.331 e. The first-order valence-corrected chi connectivity index (χ1v) is 8.91. The van der Waals surface area contributed by atoms with Crippen LogP contribution >= 0.6 is 0 Å². The minimum absolute atomic E-state index is 0.0182. The number of amides is 2. The van der Waals surface area contributed by atoms with Crippen LogP contribution in [0.5, 0.6) is 5.75 Å². The molecule has 10 heteroatoms. The van der Waals surface area contributed by atoms with Crippen molar-refractivity contribution < 1.29 is 28.8 Å². The van der Waals surface area contributed by atoms with Gasteiger partial charge in [0.25, 0.3) is 17.5 Å². The van der Waals surface area contributed by atoms with Crippen LogP contribution in [0.15, 0.2) is 67.3 Å². The van der Waals surface area contributed by atoms with E-state index in [0.717, 1.165) is 17.7 Å². The number of hydrogen-bond acceptors (Lipinski definition) is 7. The maximum Gasteiger partial charge on any atom is 0.331 e. The minimum atomic E-state index is -0.788. The number of esters is 1. The van der Waals surface area contributed by atoms with Crippen LogP contribution in [-0.2, 0) is 14.3 Å². The van der Waals surface area contributed by atoms with Crippen LogP contribution in [0.2, 0.25) is 0 Å². The standard InChI is InChI=1S/C21H19N3O7/c1-2-12-30-18-9-6-15(7-10-18)8-11-20(26)31-14-19(25)22-23-21(27)16-4-3-5-17(13-16)24(28)29/h2-11,13H,1,12,14H2,(H,22,25)(H,23,27)/b11-8+. The lowest BCUT2D eigenvalue weighted by molar-refractivity contribution is -0.384. The Morgan fingerprint density at radius 3 is 2.52 bits per heavy atom. The first-order chi connectivity index (χ1) is 14.9. The highest BCUT2D eigenvalue weighted by Crippen LogP contribution is 2.14. The fourth-order valence-electron chi connectivity index (χ4n) is 2.17. The van der Waals surface area contributed by atoms with Crippen molar-refractivity contribution in [3.63, 3.8) is 0 Å². The van der Waals surface area contributed by atoms with Gasteiger partial charge in [-0.05, 0) is 29.8 Å². The maximum atomic E-state index is 11.9. The minimum Gasteiger partial charge on any atom is -0.490 e. The molecule has 2 aromatic rings. The number of hydrazine groups is 1. The van der Waals surface area contributed by atoms with Gasteiger partial charge in [-0.3, -0.25) is 30.6 Å². The molecule has 0 spiro atoms. The zero-order valence-corrected chi connectivity index (χ0v) is 16.3. The fraction of sp³-hybridized carbons (Fsp3) is 0.0952. The second-order valence-electron chi connectivity index (χ2n) is 5.92. The first kappa shape index (κ1) is 22.8. The van der Waals surface area contributed by atoms with Crippen LogP contribution in [0, 0.1) is 10.1 Å². The van der Waals surface area contributed by atoms with E-state index in [1.807, 2.05) is 0 Å². The lowest BCUT2D eigenvalue weighted by atomic mass is 10.2. The maximum absolute atomic E-state index is 11.9. The van der Waals surface area contributed by atoms with E-state index in [2.05, 4.69) is 17.4 Å². The number of benzene rings is 2. The van der Waals surface area contributed by atoms with E-state index in [1.165, 1.54) is 24.3 Å². The number of nitrogens with one attached hydrogen (secondary N) is 2. The number of rotatable bonds is 9. The molecule has 2 aromatic carbocycles. The molecule has 0 aliphatic carbocycles. The van der Waals surface area contributed by atoms with Gasteiger partial charge < -0.3 is 9.47 Å². The molecule has 0 fully saturated rings. The molecule has 0 unspecified atom stereocenters. The van der Waals surface area contributed by atoms with Gasteiger partial charge in [0.15, 0.2) is 6.61 Å². The Kier molecular flexibility index (Phi) is 8.47. The summed E-state index contributed by atoms with van der Waals surface area (Å²) in [6.07, 6.45) is 4.27. The van der Waals surface area contributed by atoms with E-state index in [1.54, 1.807) is 30.3 Å². The summed E-state index contributed by atoms with van der Waals surface area (Å²) in [4.78, 5) is 45.4. The van der Waals surface area contributed by atoms with Crippen molar-refractivity contribution in [1.82, 2.24) is 10.9 Å². The molecule has 10 nitrogen and oxygen atoms in total. The number of nitro groups is 1. The second kappa shape index (κ2) is 11.5. The normalized spacial score (nSPS) is 10.2. The van der Waals surface area contributed by atoms with Crippen molar-refractivity contribution in [1.29, 1.82) is 0 Å². The van der Waals surface area contributed by atoms with Crippen molar-refractivity contribution in [3.8, 4) is 5.75 Å². The third kappa shape index (κ3) is 7.81. The highest BCUT2D eigenvalue weighted by atomic mass is 16.6. The van der Waals surface area contributed by atoms with Gasteiger partial charge >= 0.3 is 5.97 Å². The highest BCUT2D eigenvalue weighted by Gasteiger charge is 2.12. The van der Waals surface area contributed by atoms with E-state index in [9.17, 15) is 24.5 Å². The molecule has 0 aromatic heterocycles. The summed E-state index contributed by atoms with van der Waals surface area (Å²) in [5, 5.41) is 10.7. The predicted octanol–water partition coefficient (Wildman–Crippen LogP) is 2.18. The summed E-state index contributed by atoms with van der Waals surface area (Å²) >= 11 is 0.